The van der Waals surface area contributed by atoms with Crippen molar-refractivity contribution < 1.29 is 0 Å². The summed E-state index contributed by atoms with van der Waals surface area (Å²) < 4.78 is 1.96. The Hall–Kier alpha value is -1.32. The quantitative estimate of drug-likeness (QED) is 0.299. The van der Waals surface area contributed by atoms with E-state index in [1.165, 1.54) is 38.9 Å². The lowest BCUT2D eigenvalue weighted by atomic mass is 9.93. The van der Waals surface area contributed by atoms with E-state index in [9.17, 15) is 0 Å². The molecule has 6 nitrogen and oxygen atoms in total. The lowest BCUT2D eigenvalue weighted by Crippen LogP contribution is -2.41. The molecule has 1 aromatic heterocycles. The summed E-state index contributed by atoms with van der Waals surface area (Å²) in [5.41, 5.74) is 1.16. The Kier molecular flexibility index (Phi) is 11.0. The molecule has 30 heavy (non-hydrogen) atoms. The first kappa shape index (κ1) is 24.9. The fourth-order valence-corrected chi connectivity index (χ4v) is 4.04. The average molecular weight is 545 g/mol. The minimum atomic E-state index is 0. The molecule has 166 valence electrons. The molecule has 0 spiro atoms. The number of nitrogens with one attached hydrogen (secondary N) is 2. The molecule has 2 aromatic rings. The summed E-state index contributed by atoms with van der Waals surface area (Å²) in [6, 6.07) is 9.96. The largest absolute Gasteiger partial charge is 0.356 e. The minimum absolute atomic E-state index is 0. The van der Waals surface area contributed by atoms with Crippen molar-refractivity contribution in [1.82, 2.24) is 25.3 Å². The van der Waals surface area contributed by atoms with Gasteiger partial charge >= 0.3 is 0 Å². The van der Waals surface area contributed by atoms with Crippen LogP contribution in [0.2, 0.25) is 5.02 Å². The van der Waals surface area contributed by atoms with Crippen LogP contribution in [-0.4, -0.2) is 60.4 Å². The molecule has 3 rings (SSSR count). The molecule has 0 bridgehead atoms. The first-order valence-electron chi connectivity index (χ1n) is 10.6. The van der Waals surface area contributed by atoms with Gasteiger partial charge in [0.15, 0.2) is 5.96 Å². The Morgan fingerprint density at radius 3 is 2.57 bits per heavy atom. The molecule has 1 aliphatic heterocycles. The van der Waals surface area contributed by atoms with Gasteiger partial charge in [-0.1, -0.05) is 30.7 Å². The van der Waals surface area contributed by atoms with Gasteiger partial charge in [0.1, 0.15) is 0 Å². The van der Waals surface area contributed by atoms with E-state index in [1.807, 2.05) is 36.1 Å². The van der Waals surface area contributed by atoms with Gasteiger partial charge in [-0.3, -0.25) is 9.67 Å². The molecule has 1 atom stereocenters. The Morgan fingerprint density at radius 1 is 1.23 bits per heavy atom. The van der Waals surface area contributed by atoms with E-state index in [0.29, 0.717) is 6.54 Å². The summed E-state index contributed by atoms with van der Waals surface area (Å²) in [4.78, 5) is 6.93. The maximum atomic E-state index is 6.06. The third kappa shape index (κ3) is 7.42. The molecule has 8 heteroatoms. The molecule has 2 heterocycles. The van der Waals surface area contributed by atoms with Crippen LogP contribution < -0.4 is 10.6 Å². The van der Waals surface area contributed by atoms with E-state index in [0.717, 1.165) is 29.0 Å². The smallest absolute Gasteiger partial charge is 0.191 e. The van der Waals surface area contributed by atoms with Crippen molar-refractivity contribution in [3.63, 3.8) is 0 Å². The SMILES string of the molecule is CCN1CCC(CCNC(=NC)NCC(c2ccc(Cl)cc2)n2cccn2)CC1.I. The molecular weight excluding hydrogens is 511 g/mol. The van der Waals surface area contributed by atoms with Crippen molar-refractivity contribution in [3.05, 3.63) is 53.3 Å². The Morgan fingerprint density at radius 2 is 1.97 bits per heavy atom. The van der Waals surface area contributed by atoms with Crippen molar-refractivity contribution >= 4 is 41.5 Å². The number of hydrogen-bond donors (Lipinski definition) is 2. The lowest BCUT2D eigenvalue weighted by molar-refractivity contribution is 0.187. The molecule has 0 amide bonds. The molecular formula is C22H34ClIN6. The van der Waals surface area contributed by atoms with Crippen LogP contribution in [0.3, 0.4) is 0 Å². The second-order valence-corrected chi connectivity index (χ2v) is 8.04. The van der Waals surface area contributed by atoms with E-state index >= 15 is 0 Å². The Balaban J connectivity index is 0.00000320. The number of piperidine rings is 1. The Labute approximate surface area is 202 Å². The van der Waals surface area contributed by atoms with Crippen LogP contribution in [0.15, 0.2) is 47.7 Å². The van der Waals surface area contributed by atoms with Crippen molar-refractivity contribution in [2.24, 2.45) is 10.9 Å². The van der Waals surface area contributed by atoms with Gasteiger partial charge in [-0.25, -0.2) is 0 Å². The highest BCUT2D eigenvalue weighted by Crippen LogP contribution is 2.20. The highest BCUT2D eigenvalue weighted by molar-refractivity contribution is 14.0. The first-order chi connectivity index (χ1) is 14.2. The van der Waals surface area contributed by atoms with Crippen LogP contribution in [0.4, 0.5) is 0 Å². The number of guanidine groups is 1. The molecule has 0 saturated carbocycles. The van der Waals surface area contributed by atoms with Crippen LogP contribution in [0, 0.1) is 5.92 Å². The van der Waals surface area contributed by atoms with E-state index in [4.69, 9.17) is 11.6 Å². The van der Waals surface area contributed by atoms with Crippen molar-refractivity contribution in [2.45, 2.75) is 32.2 Å². The van der Waals surface area contributed by atoms with Crippen molar-refractivity contribution in [1.29, 1.82) is 0 Å². The highest BCUT2D eigenvalue weighted by Gasteiger charge is 2.18. The van der Waals surface area contributed by atoms with Crippen molar-refractivity contribution in [3.8, 4) is 0 Å². The molecule has 1 fully saturated rings. The number of halogens is 2. The molecule has 0 aliphatic carbocycles. The van der Waals surface area contributed by atoms with Crippen LogP contribution >= 0.6 is 35.6 Å². The molecule has 2 N–H and O–H groups in total. The van der Waals surface area contributed by atoms with E-state index in [2.05, 4.69) is 44.7 Å². The summed E-state index contributed by atoms with van der Waals surface area (Å²) in [6.45, 7) is 7.54. The van der Waals surface area contributed by atoms with Gasteiger partial charge in [-0.2, -0.15) is 5.10 Å². The molecule has 1 saturated heterocycles. The number of likely N-dealkylation sites (tertiary alicyclic amines) is 1. The summed E-state index contributed by atoms with van der Waals surface area (Å²) in [7, 11) is 1.82. The van der Waals surface area contributed by atoms with Crippen LogP contribution in [0.25, 0.3) is 0 Å². The van der Waals surface area contributed by atoms with E-state index < -0.39 is 0 Å². The highest BCUT2D eigenvalue weighted by atomic mass is 127. The minimum Gasteiger partial charge on any atom is -0.356 e. The van der Waals surface area contributed by atoms with Crippen LogP contribution in [0.5, 0.6) is 0 Å². The third-order valence-electron chi connectivity index (χ3n) is 5.78. The maximum absolute atomic E-state index is 6.06. The third-order valence-corrected chi connectivity index (χ3v) is 6.04. The topological polar surface area (TPSA) is 57.5 Å². The maximum Gasteiger partial charge on any atom is 0.191 e. The van der Waals surface area contributed by atoms with Gasteiger partial charge in [-0.05, 0) is 68.6 Å². The number of nitrogens with zero attached hydrogens (tertiary/aromatic N) is 4. The second-order valence-electron chi connectivity index (χ2n) is 7.60. The first-order valence-corrected chi connectivity index (χ1v) is 11.0. The van der Waals surface area contributed by atoms with Gasteiger partial charge in [0, 0.05) is 37.6 Å². The van der Waals surface area contributed by atoms with Gasteiger partial charge < -0.3 is 15.5 Å². The fraction of sp³-hybridized carbons (Fsp3) is 0.545. The summed E-state index contributed by atoms with van der Waals surface area (Å²) in [5.74, 6) is 1.65. The Bertz CT molecular complexity index is 741. The normalized spacial score (nSPS) is 16.7. The van der Waals surface area contributed by atoms with Gasteiger partial charge in [0.05, 0.1) is 6.04 Å². The second kappa shape index (κ2) is 13.2. The van der Waals surface area contributed by atoms with E-state index in [1.54, 1.807) is 6.20 Å². The molecule has 0 radical (unpaired) electrons. The fourth-order valence-electron chi connectivity index (χ4n) is 3.91. The standard InChI is InChI=1S/C22H33ClN6.HI/c1-3-28-15-10-18(11-16-28)9-13-25-22(24-2)26-17-21(29-14-4-12-27-29)19-5-7-20(23)8-6-19;/h4-8,12,14,18,21H,3,9-11,13,15-17H2,1-2H3,(H2,24,25,26);1H. The number of hydrogen-bond acceptors (Lipinski definition) is 3. The zero-order valence-corrected chi connectivity index (χ0v) is 21.0. The lowest BCUT2D eigenvalue weighted by Gasteiger charge is -2.31. The van der Waals surface area contributed by atoms with Gasteiger partial charge in [-0.15, -0.1) is 24.0 Å². The van der Waals surface area contributed by atoms with Gasteiger partial charge in [0.25, 0.3) is 0 Å². The van der Waals surface area contributed by atoms with Crippen molar-refractivity contribution in [2.75, 3.05) is 39.8 Å². The summed E-state index contributed by atoms with van der Waals surface area (Å²) >= 11 is 6.06. The number of benzene rings is 1. The average Bonchev–Trinajstić information content (AvgIpc) is 3.29. The van der Waals surface area contributed by atoms with E-state index in [-0.39, 0.29) is 30.0 Å². The summed E-state index contributed by atoms with van der Waals surface area (Å²) in [6.07, 6.45) is 7.59. The number of aliphatic imine (C=N–C) groups is 1. The van der Waals surface area contributed by atoms with Gasteiger partial charge in [0.2, 0.25) is 0 Å². The predicted octanol–water partition coefficient (Wildman–Crippen LogP) is 4.03. The number of aromatic nitrogens is 2. The van der Waals surface area contributed by atoms with Crippen LogP contribution in [0.1, 0.15) is 37.8 Å². The zero-order chi connectivity index (χ0) is 20.5. The molecule has 1 aliphatic rings. The monoisotopic (exact) mass is 544 g/mol. The summed E-state index contributed by atoms with van der Waals surface area (Å²) in [5, 5.41) is 12.1. The van der Waals surface area contributed by atoms with Crippen LogP contribution in [-0.2, 0) is 0 Å². The molecule has 1 aromatic carbocycles. The predicted molar refractivity (Wildman–Crippen MR) is 136 cm³/mol. The molecule has 1 unspecified atom stereocenters. The number of rotatable bonds is 8. The zero-order valence-electron chi connectivity index (χ0n) is 17.9.